The highest BCUT2D eigenvalue weighted by atomic mass is 15.0. The molecule has 0 aliphatic carbocycles. The van der Waals surface area contributed by atoms with Crippen molar-refractivity contribution < 1.29 is 0 Å². The number of benzene rings is 8. The average Bonchev–Trinajstić information content (AvgIpc) is 3.37. The summed E-state index contributed by atoms with van der Waals surface area (Å²) in [5, 5.41) is 0. The van der Waals surface area contributed by atoms with Gasteiger partial charge in [-0.3, -0.25) is 0 Å². The molecule has 10 aromatic rings. The smallest absolute Gasteiger partial charge is 0.187 e. The fourth-order valence-corrected chi connectivity index (χ4v) is 7.55. The van der Waals surface area contributed by atoms with Crippen LogP contribution in [0.15, 0.2) is 212 Å². The molecule has 0 unspecified atom stereocenters. The molecule has 0 amide bonds. The molecule has 0 fully saturated rings. The standard InChI is InChI=1S/C55H35N7/c1-56-45-29-17-27-42(35-45)43-32-33-47(46-30-14-15-31-48(46)54-59-50(38-20-8-3-9-21-38)57-51(60-54)39-22-10-4-11-23-39)49(36-43)55-61-52(40-24-12-5-13-25-40)58-53(62-55)44-28-16-26-41(34-44)37-18-6-2-7-19-37/h2-36H. The molecule has 290 valence electrons. The zero-order valence-electron chi connectivity index (χ0n) is 33.3. The van der Waals surface area contributed by atoms with Gasteiger partial charge in [0.1, 0.15) is 0 Å². The Morgan fingerprint density at radius 1 is 0.242 bits per heavy atom. The molecular weight excluding hydrogens is 759 g/mol. The summed E-state index contributed by atoms with van der Waals surface area (Å²) in [5.74, 6) is 3.28. The van der Waals surface area contributed by atoms with Gasteiger partial charge >= 0.3 is 0 Å². The maximum atomic E-state index is 7.73. The second-order valence-electron chi connectivity index (χ2n) is 14.6. The fraction of sp³-hybridized carbons (Fsp3) is 0. The van der Waals surface area contributed by atoms with Crippen molar-refractivity contribution >= 4 is 5.69 Å². The first-order chi connectivity index (χ1) is 30.7. The molecule has 10 rings (SSSR count). The first kappa shape index (κ1) is 37.5. The van der Waals surface area contributed by atoms with Crippen LogP contribution in [-0.4, -0.2) is 29.9 Å². The summed E-state index contributed by atoms with van der Waals surface area (Å²) in [6, 6.07) is 70.7. The van der Waals surface area contributed by atoms with E-state index in [1.807, 2.05) is 158 Å². The van der Waals surface area contributed by atoms with E-state index in [4.69, 9.17) is 36.5 Å². The quantitative estimate of drug-likeness (QED) is 0.135. The molecule has 0 bridgehead atoms. The van der Waals surface area contributed by atoms with Crippen molar-refractivity contribution in [3.05, 3.63) is 224 Å². The van der Waals surface area contributed by atoms with E-state index < -0.39 is 0 Å². The highest BCUT2D eigenvalue weighted by Gasteiger charge is 2.21. The first-order valence-corrected chi connectivity index (χ1v) is 20.2. The molecule has 0 saturated carbocycles. The van der Waals surface area contributed by atoms with Gasteiger partial charge in [-0.05, 0) is 51.6 Å². The van der Waals surface area contributed by atoms with Crippen LogP contribution in [0.4, 0.5) is 5.69 Å². The average molecular weight is 794 g/mol. The van der Waals surface area contributed by atoms with Gasteiger partial charge in [-0.15, -0.1) is 0 Å². The van der Waals surface area contributed by atoms with Crippen LogP contribution in [0.25, 0.3) is 107 Å². The molecule has 7 heteroatoms. The zero-order valence-corrected chi connectivity index (χ0v) is 33.3. The summed E-state index contributed by atoms with van der Waals surface area (Å²) < 4.78 is 0. The summed E-state index contributed by atoms with van der Waals surface area (Å²) in [4.78, 5) is 34.5. The van der Waals surface area contributed by atoms with Crippen LogP contribution in [0.3, 0.4) is 0 Å². The molecule has 2 heterocycles. The van der Waals surface area contributed by atoms with E-state index in [9.17, 15) is 0 Å². The number of hydrogen-bond acceptors (Lipinski definition) is 6. The topological polar surface area (TPSA) is 81.7 Å². The summed E-state index contributed by atoms with van der Waals surface area (Å²) >= 11 is 0. The Hall–Kier alpha value is -8.73. The summed E-state index contributed by atoms with van der Waals surface area (Å²) in [6.07, 6.45) is 0. The lowest BCUT2D eigenvalue weighted by Gasteiger charge is -2.17. The third kappa shape index (κ3) is 7.75. The highest BCUT2D eigenvalue weighted by molar-refractivity contribution is 5.92. The van der Waals surface area contributed by atoms with E-state index in [1.165, 1.54) is 0 Å². The van der Waals surface area contributed by atoms with Gasteiger partial charge in [0, 0.05) is 33.4 Å². The first-order valence-electron chi connectivity index (χ1n) is 20.2. The van der Waals surface area contributed by atoms with Gasteiger partial charge in [-0.25, -0.2) is 34.7 Å². The molecule has 0 radical (unpaired) electrons. The van der Waals surface area contributed by atoms with Crippen molar-refractivity contribution in [1.29, 1.82) is 0 Å². The van der Waals surface area contributed by atoms with Crippen molar-refractivity contribution in [3.63, 3.8) is 0 Å². The van der Waals surface area contributed by atoms with Gasteiger partial charge in [0.25, 0.3) is 0 Å². The fourth-order valence-electron chi connectivity index (χ4n) is 7.55. The second-order valence-corrected chi connectivity index (χ2v) is 14.6. The third-order valence-corrected chi connectivity index (χ3v) is 10.6. The van der Waals surface area contributed by atoms with Crippen molar-refractivity contribution in [2.24, 2.45) is 0 Å². The lowest BCUT2D eigenvalue weighted by Crippen LogP contribution is -2.03. The normalized spacial score (nSPS) is 10.9. The molecule has 0 aliphatic rings. The number of rotatable bonds is 9. The number of nitrogens with zero attached hydrogens (tertiary/aromatic N) is 7. The van der Waals surface area contributed by atoms with Gasteiger partial charge in [-0.1, -0.05) is 194 Å². The van der Waals surface area contributed by atoms with Crippen molar-refractivity contribution in [3.8, 4) is 102 Å². The lowest BCUT2D eigenvalue weighted by atomic mass is 9.91. The van der Waals surface area contributed by atoms with Crippen LogP contribution >= 0.6 is 0 Å². The summed E-state index contributed by atoms with van der Waals surface area (Å²) in [6.45, 7) is 7.73. The predicted molar refractivity (Wildman–Crippen MR) is 248 cm³/mol. The Morgan fingerprint density at radius 2 is 0.613 bits per heavy atom. The van der Waals surface area contributed by atoms with Gasteiger partial charge in [0.15, 0.2) is 40.6 Å². The van der Waals surface area contributed by atoms with Crippen molar-refractivity contribution in [2.45, 2.75) is 0 Å². The molecule has 62 heavy (non-hydrogen) atoms. The number of aromatic nitrogens is 6. The monoisotopic (exact) mass is 793 g/mol. The van der Waals surface area contributed by atoms with E-state index in [0.29, 0.717) is 40.6 Å². The van der Waals surface area contributed by atoms with Gasteiger partial charge in [-0.2, -0.15) is 0 Å². The largest absolute Gasteiger partial charge is 0.238 e. The molecule has 0 saturated heterocycles. The van der Waals surface area contributed by atoms with E-state index in [1.54, 1.807) is 0 Å². The second kappa shape index (κ2) is 16.9. The van der Waals surface area contributed by atoms with Crippen LogP contribution in [0.1, 0.15) is 0 Å². The minimum atomic E-state index is 0.498. The molecule has 2 aromatic heterocycles. The Bertz CT molecular complexity index is 3180. The minimum absolute atomic E-state index is 0.498. The maximum absolute atomic E-state index is 7.73. The number of hydrogen-bond donors (Lipinski definition) is 0. The molecule has 0 aliphatic heterocycles. The Balaban J connectivity index is 1.21. The van der Waals surface area contributed by atoms with E-state index in [-0.39, 0.29) is 0 Å². The SMILES string of the molecule is [C-]#[N+]c1cccc(-c2ccc(-c3ccccc3-c3nc(-c4ccccc4)nc(-c4ccccc4)n3)c(-c3nc(-c4ccccc4)nc(-c4cccc(-c5ccccc5)c4)n3)c2)c1. The van der Waals surface area contributed by atoms with Crippen molar-refractivity contribution in [1.82, 2.24) is 29.9 Å². The Kier molecular flexibility index (Phi) is 10.2. The molecule has 0 spiro atoms. The van der Waals surface area contributed by atoms with Crippen LogP contribution in [0.2, 0.25) is 0 Å². The van der Waals surface area contributed by atoms with E-state index in [0.717, 1.165) is 66.8 Å². The van der Waals surface area contributed by atoms with Crippen LogP contribution in [0, 0.1) is 6.57 Å². The third-order valence-electron chi connectivity index (χ3n) is 10.6. The molecule has 0 atom stereocenters. The Morgan fingerprint density at radius 3 is 1.16 bits per heavy atom. The van der Waals surface area contributed by atoms with E-state index >= 15 is 0 Å². The molecule has 0 N–H and O–H groups in total. The van der Waals surface area contributed by atoms with Gasteiger partial charge in [0.05, 0.1) is 6.57 Å². The van der Waals surface area contributed by atoms with Crippen LogP contribution < -0.4 is 0 Å². The minimum Gasteiger partial charge on any atom is -0.238 e. The predicted octanol–water partition coefficient (Wildman–Crippen LogP) is 13.6. The van der Waals surface area contributed by atoms with Crippen LogP contribution in [-0.2, 0) is 0 Å². The van der Waals surface area contributed by atoms with Crippen LogP contribution in [0.5, 0.6) is 0 Å². The molecule has 7 nitrogen and oxygen atoms in total. The van der Waals surface area contributed by atoms with Crippen molar-refractivity contribution in [2.75, 3.05) is 0 Å². The van der Waals surface area contributed by atoms with Gasteiger partial charge in [0.2, 0.25) is 0 Å². The molecule has 8 aromatic carbocycles. The maximum Gasteiger partial charge on any atom is 0.187 e. The molecular formula is C55H35N7. The summed E-state index contributed by atoms with van der Waals surface area (Å²) in [7, 11) is 0. The zero-order chi connectivity index (χ0) is 41.7. The summed E-state index contributed by atoms with van der Waals surface area (Å²) in [5.41, 5.74) is 11.4. The Labute approximate surface area is 359 Å². The lowest BCUT2D eigenvalue weighted by molar-refractivity contribution is 1.07. The highest BCUT2D eigenvalue weighted by Crippen LogP contribution is 2.41. The van der Waals surface area contributed by atoms with Gasteiger partial charge < -0.3 is 0 Å². The van der Waals surface area contributed by atoms with E-state index in [2.05, 4.69) is 59.4 Å².